The molecule has 0 bridgehead atoms. The first kappa shape index (κ1) is 21.7. The fourth-order valence-electron chi connectivity index (χ4n) is 2.44. The molecule has 0 atom stereocenters. The fraction of sp³-hybridized carbons (Fsp3) is 0.429. The van der Waals surface area contributed by atoms with Crippen LogP contribution < -0.4 is 15.4 Å². The van der Waals surface area contributed by atoms with Crippen molar-refractivity contribution in [2.75, 3.05) is 40.5 Å². The Morgan fingerprint density at radius 1 is 1.04 bits per heavy atom. The number of benzene rings is 1. The number of ether oxygens (including phenoxy) is 3. The number of hydrogen-bond donors (Lipinski definition) is 2. The fourth-order valence-corrected chi connectivity index (χ4v) is 2.44. The first-order chi connectivity index (χ1) is 13.8. The predicted octanol–water partition coefficient (Wildman–Crippen LogP) is 2.38. The Hall–Kier alpha value is -2.64. The summed E-state index contributed by atoms with van der Waals surface area (Å²) in [6, 6.07) is 14.0. The van der Waals surface area contributed by atoms with Crippen molar-refractivity contribution in [3.8, 4) is 5.88 Å². The Labute approximate surface area is 167 Å². The van der Waals surface area contributed by atoms with Crippen LogP contribution in [0.25, 0.3) is 0 Å². The smallest absolute Gasteiger partial charge is 0.218 e. The van der Waals surface area contributed by atoms with Crippen molar-refractivity contribution in [2.24, 2.45) is 4.99 Å². The Balaban J connectivity index is 1.74. The molecule has 0 radical (unpaired) electrons. The maximum absolute atomic E-state index is 5.90. The van der Waals surface area contributed by atoms with E-state index in [9.17, 15) is 0 Å². The van der Waals surface area contributed by atoms with Crippen LogP contribution in [-0.4, -0.2) is 51.5 Å². The summed E-state index contributed by atoms with van der Waals surface area (Å²) < 4.78 is 16.3. The molecule has 1 aromatic heterocycles. The Morgan fingerprint density at radius 3 is 2.68 bits per heavy atom. The van der Waals surface area contributed by atoms with E-state index in [1.54, 1.807) is 20.4 Å². The van der Waals surface area contributed by atoms with Gasteiger partial charge in [-0.1, -0.05) is 36.4 Å². The molecule has 0 fully saturated rings. The first-order valence-electron chi connectivity index (χ1n) is 9.45. The van der Waals surface area contributed by atoms with Crippen molar-refractivity contribution in [2.45, 2.75) is 19.6 Å². The molecule has 0 aliphatic heterocycles. The second-order valence-electron chi connectivity index (χ2n) is 6.05. The summed E-state index contributed by atoms with van der Waals surface area (Å²) >= 11 is 0. The quantitative estimate of drug-likeness (QED) is 0.331. The minimum atomic E-state index is 0.487. The van der Waals surface area contributed by atoms with E-state index < -0.39 is 0 Å². The average molecular weight is 386 g/mol. The summed E-state index contributed by atoms with van der Waals surface area (Å²) in [6.07, 6.45) is 2.63. The number of nitrogens with one attached hydrogen (secondary N) is 2. The molecule has 0 saturated carbocycles. The molecule has 2 aromatic rings. The van der Waals surface area contributed by atoms with Gasteiger partial charge < -0.3 is 24.8 Å². The number of pyridine rings is 1. The van der Waals surface area contributed by atoms with Gasteiger partial charge in [0.1, 0.15) is 6.61 Å². The average Bonchev–Trinajstić information content (AvgIpc) is 2.75. The summed E-state index contributed by atoms with van der Waals surface area (Å²) in [5.74, 6) is 1.36. The molecule has 2 rings (SSSR count). The van der Waals surface area contributed by atoms with Gasteiger partial charge in [0.2, 0.25) is 5.88 Å². The van der Waals surface area contributed by atoms with Gasteiger partial charge in [0, 0.05) is 45.6 Å². The van der Waals surface area contributed by atoms with Crippen LogP contribution in [0.15, 0.2) is 53.7 Å². The molecule has 1 aromatic carbocycles. The lowest BCUT2D eigenvalue weighted by Gasteiger charge is -2.14. The van der Waals surface area contributed by atoms with Gasteiger partial charge in [0.05, 0.1) is 13.2 Å². The first-order valence-corrected chi connectivity index (χ1v) is 9.45. The maximum atomic E-state index is 5.90. The van der Waals surface area contributed by atoms with Gasteiger partial charge in [0.15, 0.2) is 5.96 Å². The highest BCUT2D eigenvalue weighted by Gasteiger charge is 2.06. The summed E-state index contributed by atoms with van der Waals surface area (Å²) in [6.45, 7) is 3.76. The summed E-state index contributed by atoms with van der Waals surface area (Å²) in [7, 11) is 3.42. The molecule has 0 saturated heterocycles. The second-order valence-corrected chi connectivity index (χ2v) is 6.05. The summed E-state index contributed by atoms with van der Waals surface area (Å²) in [5.41, 5.74) is 2.08. The van der Waals surface area contributed by atoms with Crippen molar-refractivity contribution in [3.05, 3.63) is 59.8 Å². The molecule has 7 heteroatoms. The van der Waals surface area contributed by atoms with E-state index in [4.69, 9.17) is 14.2 Å². The number of hydrogen-bond acceptors (Lipinski definition) is 5. The highest BCUT2D eigenvalue weighted by Crippen LogP contribution is 2.15. The number of rotatable bonds is 12. The van der Waals surface area contributed by atoms with E-state index in [1.807, 2.05) is 42.5 Å². The predicted molar refractivity (Wildman–Crippen MR) is 111 cm³/mol. The summed E-state index contributed by atoms with van der Waals surface area (Å²) in [4.78, 5) is 8.61. The lowest BCUT2D eigenvalue weighted by Crippen LogP contribution is -2.37. The molecule has 152 valence electrons. The van der Waals surface area contributed by atoms with E-state index >= 15 is 0 Å². The van der Waals surface area contributed by atoms with Crippen LogP contribution in [0.4, 0.5) is 0 Å². The van der Waals surface area contributed by atoms with Crippen molar-refractivity contribution in [1.29, 1.82) is 0 Å². The monoisotopic (exact) mass is 386 g/mol. The minimum absolute atomic E-state index is 0.487. The third-order valence-corrected chi connectivity index (χ3v) is 3.93. The molecule has 2 N–H and O–H groups in total. The zero-order chi connectivity index (χ0) is 19.9. The van der Waals surface area contributed by atoms with E-state index in [0.717, 1.165) is 30.1 Å². The Morgan fingerprint density at radius 2 is 1.89 bits per heavy atom. The number of methoxy groups -OCH3 is 1. The normalized spacial score (nSPS) is 11.3. The van der Waals surface area contributed by atoms with Crippen LogP contribution in [0.1, 0.15) is 17.5 Å². The molecular formula is C21H30N4O3. The standard InChI is InChI=1S/C21H30N4O3/c1-22-21(24-12-7-13-27-15-14-26-2)25-16-19-10-6-11-23-20(19)28-17-18-8-4-3-5-9-18/h3-6,8-11H,7,12-17H2,1-2H3,(H2,22,24,25). The topological polar surface area (TPSA) is 77.0 Å². The molecule has 1 heterocycles. The number of aliphatic imine (C=N–C) groups is 1. The largest absolute Gasteiger partial charge is 0.473 e. The zero-order valence-electron chi connectivity index (χ0n) is 16.7. The van der Waals surface area contributed by atoms with Gasteiger partial charge in [-0.25, -0.2) is 4.98 Å². The molecule has 0 amide bonds. The Kier molecular flexibility index (Phi) is 10.5. The van der Waals surface area contributed by atoms with Crippen LogP contribution in [0, 0.1) is 0 Å². The van der Waals surface area contributed by atoms with Gasteiger partial charge in [0.25, 0.3) is 0 Å². The van der Waals surface area contributed by atoms with Crippen molar-refractivity contribution >= 4 is 5.96 Å². The minimum Gasteiger partial charge on any atom is -0.473 e. The van der Waals surface area contributed by atoms with Gasteiger partial charge in [-0.3, -0.25) is 4.99 Å². The van der Waals surface area contributed by atoms with E-state index in [2.05, 4.69) is 20.6 Å². The van der Waals surface area contributed by atoms with Gasteiger partial charge in [-0.2, -0.15) is 0 Å². The van der Waals surface area contributed by atoms with Crippen LogP contribution >= 0.6 is 0 Å². The molecule has 0 spiro atoms. The maximum Gasteiger partial charge on any atom is 0.218 e. The van der Waals surface area contributed by atoms with Crippen molar-refractivity contribution in [3.63, 3.8) is 0 Å². The molecule has 0 aliphatic carbocycles. The van der Waals surface area contributed by atoms with E-state index in [1.165, 1.54) is 0 Å². The van der Waals surface area contributed by atoms with E-state index in [-0.39, 0.29) is 0 Å². The number of guanidine groups is 1. The molecule has 0 aliphatic rings. The molecule has 28 heavy (non-hydrogen) atoms. The third kappa shape index (κ3) is 8.37. The van der Waals surface area contributed by atoms with E-state index in [0.29, 0.717) is 38.9 Å². The number of nitrogens with zero attached hydrogens (tertiary/aromatic N) is 2. The van der Waals surface area contributed by atoms with Crippen LogP contribution in [-0.2, 0) is 22.6 Å². The van der Waals surface area contributed by atoms with Crippen molar-refractivity contribution in [1.82, 2.24) is 15.6 Å². The van der Waals surface area contributed by atoms with Crippen LogP contribution in [0.5, 0.6) is 5.88 Å². The SMILES string of the molecule is CN=C(NCCCOCCOC)NCc1cccnc1OCc1ccccc1. The lowest BCUT2D eigenvalue weighted by molar-refractivity contribution is 0.0698. The third-order valence-electron chi connectivity index (χ3n) is 3.93. The highest BCUT2D eigenvalue weighted by molar-refractivity contribution is 5.79. The zero-order valence-corrected chi connectivity index (χ0v) is 16.7. The number of aromatic nitrogens is 1. The van der Waals surface area contributed by atoms with Gasteiger partial charge >= 0.3 is 0 Å². The molecular weight excluding hydrogens is 356 g/mol. The molecule has 7 nitrogen and oxygen atoms in total. The molecule has 0 unspecified atom stereocenters. The highest BCUT2D eigenvalue weighted by atomic mass is 16.5. The van der Waals surface area contributed by atoms with Gasteiger partial charge in [-0.15, -0.1) is 0 Å². The van der Waals surface area contributed by atoms with Crippen molar-refractivity contribution < 1.29 is 14.2 Å². The van der Waals surface area contributed by atoms with Gasteiger partial charge in [-0.05, 0) is 18.1 Å². The second kappa shape index (κ2) is 13.5. The summed E-state index contributed by atoms with van der Waals surface area (Å²) in [5, 5.41) is 6.57. The Bertz CT molecular complexity index is 695. The van der Waals surface area contributed by atoms with Crippen LogP contribution in [0.2, 0.25) is 0 Å². The lowest BCUT2D eigenvalue weighted by atomic mass is 10.2. The van der Waals surface area contributed by atoms with Crippen LogP contribution in [0.3, 0.4) is 0 Å².